The van der Waals surface area contributed by atoms with Crippen LogP contribution in [0.15, 0.2) is 75.9 Å². The maximum Gasteiger partial charge on any atom is 0.416 e. The summed E-state index contributed by atoms with van der Waals surface area (Å²) in [5, 5.41) is 0.485. The zero-order chi connectivity index (χ0) is 26.3. The smallest absolute Gasteiger partial charge is 0.416 e. The van der Waals surface area contributed by atoms with Crippen LogP contribution in [0.4, 0.5) is 18.9 Å². The predicted octanol–water partition coefficient (Wildman–Crippen LogP) is 7.39. The third-order valence-electron chi connectivity index (χ3n) is 6.25. The molecule has 0 spiro atoms. The van der Waals surface area contributed by atoms with Gasteiger partial charge in [-0.25, -0.2) is 0 Å². The zero-order valence-corrected chi connectivity index (χ0v) is 20.4. The molecule has 1 unspecified atom stereocenters. The second kappa shape index (κ2) is 9.59. The number of nitrogens with zero attached hydrogens (tertiary/aromatic N) is 1. The van der Waals surface area contributed by atoms with Crippen molar-refractivity contribution < 1.29 is 27.1 Å². The average molecular weight is 528 g/mol. The standard InChI is InChI=1S/C28H21ClF3NO4/c1-2-3-13-36-20-10-7-16(8-11-20)24-23-25(34)21-15-18(29)9-12-22(21)37-26(23)27(35)33(24)19-6-4-5-17(14-19)28(30,31)32/h4-12,14-15,24H,2-3,13H2,1H3. The van der Waals surface area contributed by atoms with Gasteiger partial charge in [-0.05, 0) is 60.5 Å². The van der Waals surface area contributed by atoms with Crippen LogP contribution in [-0.4, -0.2) is 12.5 Å². The molecule has 1 amide bonds. The van der Waals surface area contributed by atoms with Gasteiger partial charge in [0.15, 0.2) is 5.43 Å². The Balaban J connectivity index is 1.69. The van der Waals surface area contributed by atoms with Crippen LogP contribution in [0.1, 0.15) is 53.1 Å². The van der Waals surface area contributed by atoms with Crippen molar-refractivity contribution in [1.29, 1.82) is 0 Å². The van der Waals surface area contributed by atoms with Crippen LogP contribution in [0, 0.1) is 0 Å². The molecule has 0 N–H and O–H groups in total. The molecule has 0 radical (unpaired) electrons. The van der Waals surface area contributed by atoms with Gasteiger partial charge in [0.1, 0.15) is 11.3 Å². The highest BCUT2D eigenvalue weighted by Gasteiger charge is 2.44. The molecule has 1 aliphatic rings. The number of benzene rings is 3. The van der Waals surface area contributed by atoms with Crippen LogP contribution >= 0.6 is 11.6 Å². The average Bonchev–Trinajstić information content (AvgIpc) is 3.17. The second-order valence-corrected chi connectivity index (χ2v) is 9.15. The van der Waals surface area contributed by atoms with Crippen LogP contribution < -0.4 is 15.1 Å². The lowest BCUT2D eigenvalue weighted by atomic mass is 9.98. The van der Waals surface area contributed by atoms with Crippen LogP contribution in [0.25, 0.3) is 11.0 Å². The first kappa shape index (κ1) is 24.9. The van der Waals surface area contributed by atoms with Crippen LogP contribution in [-0.2, 0) is 6.18 Å². The number of halogens is 4. The number of ether oxygens (including phenoxy) is 1. The van der Waals surface area contributed by atoms with Gasteiger partial charge in [-0.3, -0.25) is 14.5 Å². The normalized spacial score (nSPS) is 15.3. The van der Waals surface area contributed by atoms with Gasteiger partial charge >= 0.3 is 6.18 Å². The molecular weight excluding hydrogens is 507 g/mol. The maximum absolute atomic E-state index is 13.6. The first-order chi connectivity index (χ1) is 17.7. The molecule has 4 aromatic rings. The highest BCUT2D eigenvalue weighted by atomic mass is 35.5. The lowest BCUT2D eigenvalue weighted by molar-refractivity contribution is -0.137. The quantitative estimate of drug-likeness (QED) is 0.245. The molecule has 0 aliphatic carbocycles. The minimum absolute atomic E-state index is 0.0130. The Labute approximate surface area is 215 Å². The summed E-state index contributed by atoms with van der Waals surface area (Å²) in [6, 6.07) is 14.7. The summed E-state index contributed by atoms with van der Waals surface area (Å²) in [6.07, 6.45) is -2.76. The van der Waals surface area contributed by atoms with Crippen LogP contribution in [0.2, 0.25) is 5.02 Å². The SMILES string of the molecule is CCCCOc1ccc(C2c3c(oc4ccc(Cl)cc4c3=O)C(=O)N2c2cccc(C(F)(F)F)c2)cc1. The number of amides is 1. The first-order valence-corrected chi connectivity index (χ1v) is 12.1. The summed E-state index contributed by atoms with van der Waals surface area (Å²) in [5.74, 6) is -0.327. The molecule has 37 heavy (non-hydrogen) atoms. The Morgan fingerprint density at radius 3 is 2.49 bits per heavy atom. The zero-order valence-electron chi connectivity index (χ0n) is 19.6. The lowest BCUT2D eigenvalue weighted by Crippen LogP contribution is -2.29. The number of anilines is 1. The molecule has 1 aliphatic heterocycles. The Morgan fingerprint density at radius 1 is 1.03 bits per heavy atom. The van der Waals surface area contributed by atoms with Crippen molar-refractivity contribution in [2.75, 3.05) is 11.5 Å². The molecule has 1 atom stereocenters. The summed E-state index contributed by atoms with van der Waals surface area (Å²) in [4.78, 5) is 28.4. The van der Waals surface area contributed by atoms with Gasteiger partial charge in [0, 0.05) is 10.7 Å². The van der Waals surface area contributed by atoms with E-state index in [9.17, 15) is 22.8 Å². The monoisotopic (exact) mass is 527 g/mol. The van der Waals surface area contributed by atoms with Crippen molar-refractivity contribution >= 4 is 34.2 Å². The topological polar surface area (TPSA) is 59.8 Å². The maximum atomic E-state index is 13.6. The predicted molar refractivity (Wildman–Crippen MR) is 134 cm³/mol. The van der Waals surface area contributed by atoms with E-state index in [1.165, 1.54) is 30.3 Å². The Kier molecular flexibility index (Phi) is 6.45. The van der Waals surface area contributed by atoms with E-state index >= 15 is 0 Å². The number of hydrogen-bond donors (Lipinski definition) is 0. The largest absolute Gasteiger partial charge is 0.494 e. The van der Waals surface area contributed by atoms with Crippen molar-refractivity contribution in [1.82, 2.24) is 0 Å². The van der Waals surface area contributed by atoms with Crippen molar-refractivity contribution in [3.8, 4) is 5.75 Å². The Hall–Kier alpha value is -3.78. The molecule has 190 valence electrons. The number of carbonyl (C=O) groups is 1. The second-order valence-electron chi connectivity index (χ2n) is 8.71. The molecule has 3 aromatic carbocycles. The Morgan fingerprint density at radius 2 is 1.78 bits per heavy atom. The Bertz CT molecular complexity index is 1550. The summed E-state index contributed by atoms with van der Waals surface area (Å²) >= 11 is 6.10. The molecule has 0 bridgehead atoms. The minimum Gasteiger partial charge on any atom is -0.494 e. The molecule has 9 heteroatoms. The van der Waals surface area contributed by atoms with E-state index in [1.54, 1.807) is 24.3 Å². The summed E-state index contributed by atoms with van der Waals surface area (Å²) < 4.78 is 52.1. The third-order valence-corrected chi connectivity index (χ3v) is 6.48. The van der Waals surface area contributed by atoms with Gasteiger partial charge in [0.2, 0.25) is 5.76 Å². The molecule has 5 rings (SSSR count). The fourth-order valence-electron chi connectivity index (χ4n) is 4.44. The van der Waals surface area contributed by atoms with E-state index in [2.05, 4.69) is 0 Å². The van der Waals surface area contributed by atoms with E-state index < -0.39 is 29.1 Å². The number of hydrogen-bond acceptors (Lipinski definition) is 4. The molecule has 2 heterocycles. The molecule has 0 saturated carbocycles. The van der Waals surface area contributed by atoms with Gasteiger partial charge in [-0.2, -0.15) is 13.2 Å². The highest BCUT2D eigenvalue weighted by molar-refractivity contribution is 6.31. The van der Waals surface area contributed by atoms with Crippen molar-refractivity contribution in [2.24, 2.45) is 0 Å². The number of alkyl halides is 3. The van der Waals surface area contributed by atoms with E-state index in [0.717, 1.165) is 29.9 Å². The van der Waals surface area contributed by atoms with Gasteiger partial charge in [0.25, 0.3) is 5.91 Å². The summed E-state index contributed by atoms with van der Waals surface area (Å²) in [7, 11) is 0. The molecule has 5 nitrogen and oxygen atoms in total. The van der Waals surface area contributed by atoms with Crippen LogP contribution in [0.3, 0.4) is 0 Å². The number of rotatable bonds is 6. The van der Waals surface area contributed by atoms with Gasteiger partial charge in [-0.15, -0.1) is 0 Å². The highest BCUT2D eigenvalue weighted by Crippen LogP contribution is 2.43. The third kappa shape index (κ3) is 4.57. The summed E-state index contributed by atoms with van der Waals surface area (Å²) in [5.41, 5.74) is -0.692. The summed E-state index contributed by atoms with van der Waals surface area (Å²) in [6.45, 7) is 2.58. The lowest BCUT2D eigenvalue weighted by Gasteiger charge is -2.26. The van der Waals surface area contributed by atoms with Gasteiger partial charge < -0.3 is 9.15 Å². The van der Waals surface area contributed by atoms with Crippen LogP contribution in [0.5, 0.6) is 5.75 Å². The number of unbranched alkanes of at least 4 members (excludes halogenated alkanes) is 1. The fourth-order valence-corrected chi connectivity index (χ4v) is 4.61. The van der Waals surface area contributed by atoms with Gasteiger partial charge in [-0.1, -0.05) is 43.1 Å². The molecule has 0 fully saturated rings. The first-order valence-electron chi connectivity index (χ1n) is 11.7. The fraction of sp³-hybridized carbons (Fsp3) is 0.214. The molecule has 1 aromatic heterocycles. The van der Waals surface area contributed by atoms with E-state index in [-0.39, 0.29) is 28.0 Å². The van der Waals surface area contributed by atoms with E-state index in [0.29, 0.717) is 22.9 Å². The number of carbonyl (C=O) groups excluding carboxylic acids is 1. The van der Waals surface area contributed by atoms with Gasteiger partial charge in [0.05, 0.1) is 29.2 Å². The minimum atomic E-state index is -4.61. The van der Waals surface area contributed by atoms with Crippen molar-refractivity contribution in [2.45, 2.75) is 32.0 Å². The van der Waals surface area contributed by atoms with Crippen molar-refractivity contribution in [3.05, 3.63) is 104 Å². The molecule has 0 saturated heterocycles. The molecular formula is C28H21ClF3NO4. The number of fused-ring (bicyclic) bond motifs is 2. The van der Waals surface area contributed by atoms with Crippen molar-refractivity contribution in [3.63, 3.8) is 0 Å². The van der Waals surface area contributed by atoms with E-state index in [1.807, 2.05) is 6.92 Å². The van der Waals surface area contributed by atoms with E-state index in [4.69, 9.17) is 20.8 Å².